The molecule has 10 heteroatoms. The summed E-state index contributed by atoms with van der Waals surface area (Å²) in [5, 5.41) is 35.8. The highest BCUT2D eigenvalue weighted by atomic mass is 35.5. The minimum absolute atomic E-state index is 0. The van der Waals surface area contributed by atoms with Crippen LogP contribution in [0.4, 0.5) is 5.82 Å². The number of fused-ring (bicyclic) bond motifs is 1. The molecule has 2 aromatic heterocycles. The Labute approximate surface area is 204 Å². The summed E-state index contributed by atoms with van der Waals surface area (Å²) >= 11 is 0. The number of aliphatic hydroxyl groups is 2. The van der Waals surface area contributed by atoms with Crippen molar-refractivity contribution in [3.63, 3.8) is 0 Å². The summed E-state index contributed by atoms with van der Waals surface area (Å²) in [5.41, 5.74) is 4.30. The molecule has 0 bridgehead atoms. The van der Waals surface area contributed by atoms with Gasteiger partial charge in [0.1, 0.15) is 11.9 Å². The van der Waals surface area contributed by atoms with Gasteiger partial charge in [0.2, 0.25) is 5.82 Å². The Morgan fingerprint density at radius 1 is 1.12 bits per heavy atom. The summed E-state index contributed by atoms with van der Waals surface area (Å²) in [6, 6.07) is 9.92. The lowest BCUT2D eigenvalue weighted by atomic mass is 10.00. The number of pyridine rings is 1. The SMILES string of the molecule is CC(C)Nc1ncc(-c2nc(-c3ccc4c(c3)CCN(C(CO)CO)CC4)no2)cc1C#N.Cl. The fourth-order valence-corrected chi connectivity index (χ4v) is 4.05. The standard InChI is InChI=1S/C24H28N6O3.ClH/c1-15(2)27-22-19(11-25)10-20(12-26-22)24-28-23(29-33-24)18-4-3-16-5-7-30(21(13-31)14-32)8-6-17(16)9-18;/h3-4,9-10,12,15,21,31-32H,5-8,13-14H2,1-2H3,(H,26,27);1H. The lowest BCUT2D eigenvalue weighted by Crippen LogP contribution is -2.42. The summed E-state index contributed by atoms with van der Waals surface area (Å²) < 4.78 is 5.48. The van der Waals surface area contributed by atoms with Gasteiger partial charge in [0.25, 0.3) is 5.89 Å². The summed E-state index contributed by atoms with van der Waals surface area (Å²) in [6.45, 7) is 5.41. The average Bonchev–Trinajstić information content (AvgIpc) is 3.22. The molecule has 180 valence electrons. The minimum atomic E-state index is -0.229. The van der Waals surface area contributed by atoms with Crippen LogP contribution >= 0.6 is 12.4 Å². The zero-order chi connectivity index (χ0) is 23.4. The van der Waals surface area contributed by atoms with Crippen molar-refractivity contribution in [2.45, 2.75) is 38.8 Å². The second-order valence-electron chi connectivity index (χ2n) is 8.49. The monoisotopic (exact) mass is 484 g/mol. The van der Waals surface area contributed by atoms with E-state index in [1.807, 2.05) is 19.9 Å². The van der Waals surface area contributed by atoms with Gasteiger partial charge in [-0.3, -0.25) is 4.90 Å². The molecule has 0 amide bonds. The van der Waals surface area contributed by atoms with Crippen molar-refractivity contribution < 1.29 is 14.7 Å². The molecule has 0 saturated carbocycles. The van der Waals surface area contributed by atoms with Crippen LogP contribution in [0.2, 0.25) is 0 Å². The van der Waals surface area contributed by atoms with E-state index in [0.717, 1.165) is 31.5 Å². The Morgan fingerprint density at radius 2 is 1.85 bits per heavy atom. The third-order valence-electron chi connectivity index (χ3n) is 5.85. The minimum Gasteiger partial charge on any atom is -0.395 e. The van der Waals surface area contributed by atoms with Crippen molar-refractivity contribution in [1.29, 1.82) is 5.26 Å². The first-order valence-corrected chi connectivity index (χ1v) is 11.1. The van der Waals surface area contributed by atoms with Gasteiger partial charge in [-0.2, -0.15) is 10.2 Å². The maximum Gasteiger partial charge on any atom is 0.259 e. The maximum absolute atomic E-state index is 9.51. The molecule has 0 unspecified atom stereocenters. The van der Waals surface area contributed by atoms with Crippen molar-refractivity contribution in [1.82, 2.24) is 20.0 Å². The third-order valence-corrected chi connectivity index (χ3v) is 5.85. The van der Waals surface area contributed by atoms with Crippen LogP contribution in [0.3, 0.4) is 0 Å². The molecule has 3 aromatic rings. The number of nitriles is 1. The molecular weight excluding hydrogens is 456 g/mol. The topological polar surface area (TPSA) is 131 Å². The molecule has 0 radical (unpaired) electrons. The van der Waals surface area contributed by atoms with E-state index in [1.54, 1.807) is 12.3 Å². The van der Waals surface area contributed by atoms with E-state index in [0.29, 0.717) is 28.7 Å². The van der Waals surface area contributed by atoms with Crippen LogP contribution in [0.1, 0.15) is 30.5 Å². The van der Waals surface area contributed by atoms with Crippen molar-refractivity contribution in [3.8, 4) is 28.9 Å². The van der Waals surface area contributed by atoms with Crippen molar-refractivity contribution >= 4 is 18.2 Å². The summed E-state index contributed by atoms with van der Waals surface area (Å²) in [7, 11) is 0. The molecule has 0 atom stereocenters. The summed E-state index contributed by atoms with van der Waals surface area (Å²) in [6.07, 6.45) is 3.28. The molecule has 1 aliphatic heterocycles. The molecule has 1 aliphatic rings. The first-order chi connectivity index (χ1) is 16.0. The molecule has 3 heterocycles. The normalized spacial score (nSPS) is 13.8. The lowest BCUT2D eigenvalue weighted by Gasteiger charge is -2.27. The number of aliphatic hydroxyl groups excluding tert-OH is 2. The predicted molar refractivity (Wildman–Crippen MR) is 131 cm³/mol. The highest BCUT2D eigenvalue weighted by Gasteiger charge is 2.21. The van der Waals surface area contributed by atoms with Gasteiger partial charge in [0.15, 0.2) is 0 Å². The van der Waals surface area contributed by atoms with Crippen LogP contribution in [-0.4, -0.2) is 68.6 Å². The van der Waals surface area contributed by atoms with E-state index < -0.39 is 0 Å². The fourth-order valence-electron chi connectivity index (χ4n) is 4.05. The van der Waals surface area contributed by atoms with Crippen LogP contribution in [-0.2, 0) is 12.8 Å². The fraction of sp³-hybridized carbons (Fsp3) is 0.417. The largest absolute Gasteiger partial charge is 0.395 e. The number of halogens is 1. The molecule has 1 aromatic carbocycles. The second-order valence-corrected chi connectivity index (χ2v) is 8.49. The number of hydrogen-bond donors (Lipinski definition) is 3. The van der Waals surface area contributed by atoms with Gasteiger partial charge in [-0.1, -0.05) is 17.3 Å². The second kappa shape index (κ2) is 11.4. The number of nitrogens with zero attached hydrogens (tertiary/aromatic N) is 5. The number of rotatable bonds is 7. The zero-order valence-corrected chi connectivity index (χ0v) is 20.0. The van der Waals surface area contributed by atoms with Crippen molar-refractivity contribution in [2.75, 3.05) is 31.6 Å². The van der Waals surface area contributed by atoms with Crippen LogP contribution in [0.15, 0.2) is 35.0 Å². The van der Waals surface area contributed by atoms with Crippen LogP contribution < -0.4 is 5.32 Å². The van der Waals surface area contributed by atoms with E-state index in [-0.39, 0.29) is 37.7 Å². The first-order valence-electron chi connectivity index (χ1n) is 11.1. The van der Waals surface area contributed by atoms with E-state index in [4.69, 9.17) is 4.52 Å². The zero-order valence-electron chi connectivity index (χ0n) is 19.2. The van der Waals surface area contributed by atoms with E-state index >= 15 is 0 Å². The van der Waals surface area contributed by atoms with E-state index in [2.05, 4.69) is 43.5 Å². The number of nitrogens with one attached hydrogen (secondary N) is 1. The third kappa shape index (κ3) is 5.54. The first kappa shape index (κ1) is 25.6. The van der Waals surface area contributed by atoms with Gasteiger partial charge >= 0.3 is 0 Å². The maximum atomic E-state index is 9.51. The van der Waals surface area contributed by atoms with Gasteiger partial charge in [0.05, 0.1) is 30.4 Å². The van der Waals surface area contributed by atoms with Crippen molar-refractivity contribution in [3.05, 3.63) is 47.2 Å². The van der Waals surface area contributed by atoms with Gasteiger partial charge in [-0.05, 0) is 49.9 Å². The Hall–Kier alpha value is -3.03. The van der Waals surface area contributed by atoms with Crippen LogP contribution in [0.25, 0.3) is 22.8 Å². The van der Waals surface area contributed by atoms with Gasteiger partial charge in [-0.25, -0.2) is 4.98 Å². The number of hydrogen-bond acceptors (Lipinski definition) is 9. The Kier molecular flexibility index (Phi) is 8.58. The Bertz CT molecular complexity index is 1160. The van der Waals surface area contributed by atoms with Crippen LogP contribution in [0.5, 0.6) is 0 Å². The summed E-state index contributed by atoms with van der Waals surface area (Å²) in [5.74, 6) is 1.31. The molecule has 4 rings (SSSR count). The Balaban J connectivity index is 0.00000324. The quantitative estimate of drug-likeness (QED) is 0.463. The van der Waals surface area contributed by atoms with Gasteiger partial charge < -0.3 is 20.1 Å². The predicted octanol–water partition coefficient (Wildman–Crippen LogP) is 2.67. The lowest BCUT2D eigenvalue weighted by molar-refractivity contribution is 0.0769. The van der Waals surface area contributed by atoms with Crippen molar-refractivity contribution in [2.24, 2.45) is 0 Å². The molecule has 3 N–H and O–H groups in total. The van der Waals surface area contributed by atoms with Crippen LogP contribution in [0, 0.1) is 11.3 Å². The number of anilines is 1. The van der Waals surface area contributed by atoms with Gasteiger partial charge in [0, 0.05) is 30.9 Å². The molecule has 0 saturated heterocycles. The Morgan fingerprint density at radius 3 is 2.53 bits per heavy atom. The molecular formula is C24H29ClN6O3. The molecule has 0 fully saturated rings. The molecule has 0 spiro atoms. The highest BCUT2D eigenvalue weighted by molar-refractivity contribution is 5.85. The molecule has 0 aliphatic carbocycles. The summed E-state index contributed by atoms with van der Waals surface area (Å²) in [4.78, 5) is 11.0. The van der Waals surface area contributed by atoms with Gasteiger partial charge in [-0.15, -0.1) is 12.4 Å². The number of benzene rings is 1. The highest BCUT2D eigenvalue weighted by Crippen LogP contribution is 2.27. The van der Waals surface area contributed by atoms with E-state index in [9.17, 15) is 15.5 Å². The smallest absolute Gasteiger partial charge is 0.259 e. The van der Waals surface area contributed by atoms with E-state index in [1.165, 1.54) is 11.1 Å². The average molecular weight is 485 g/mol. The molecule has 34 heavy (non-hydrogen) atoms. The number of aromatic nitrogens is 3. The molecule has 9 nitrogen and oxygen atoms in total.